The second kappa shape index (κ2) is 7.25. The molecule has 1 N–H and O–H groups in total. The average molecular weight is 318 g/mol. The highest BCUT2D eigenvalue weighted by atomic mass is 16.5. The minimum Gasteiger partial charge on any atom is -0.496 e. The number of hydrogen-bond donors (Lipinski definition) is 1. The monoisotopic (exact) mass is 317 g/mol. The van der Waals surface area contributed by atoms with Crippen LogP contribution in [0.5, 0.6) is 5.75 Å². The molecule has 2 heteroatoms. The molecule has 0 aromatic heterocycles. The van der Waals surface area contributed by atoms with Crippen molar-refractivity contribution in [2.24, 2.45) is 11.3 Å². The number of nitrogens with one attached hydrogen (secondary N) is 1. The van der Waals surface area contributed by atoms with E-state index in [1.165, 1.54) is 36.9 Å². The summed E-state index contributed by atoms with van der Waals surface area (Å²) in [5.74, 6) is 1.78. The maximum Gasteiger partial charge on any atom is 0.122 e. The maximum atomic E-state index is 5.64. The largest absolute Gasteiger partial charge is 0.496 e. The lowest BCUT2D eigenvalue weighted by atomic mass is 9.72. The smallest absolute Gasteiger partial charge is 0.122 e. The van der Waals surface area contributed by atoms with E-state index in [1.807, 2.05) is 0 Å². The Labute approximate surface area is 143 Å². The molecule has 1 fully saturated rings. The Morgan fingerprint density at radius 1 is 1.17 bits per heavy atom. The molecule has 0 saturated carbocycles. The highest BCUT2D eigenvalue weighted by molar-refractivity contribution is 5.40. The molecule has 0 spiro atoms. The number of rotatable bonds is 5. The molecule has 0 radical (unpaired) electrons. The summed E-state index contributed by atoms with van der Waals surface area (Å²) in [5.41, 5.74) is 3.33. The van der Waals surface area contributed by atoms with Gasteiger partial charge < -0.3 is 10.1 Å². The molecule has 1 unspecified atom stereocenters. The first kappa shape index (κ1) is 18.3. The van der Waals surface area contributed by atoms with Gasteiger partial charge in [0.15, 0.2) is 0 Å². The zero-order chi connectivity index (χ0) is 17.1. The van der Waals surface area contributed by atoms with Gasteiger partial charge in [0, 0.05) is 0 Å². The van der Waals surface area contributed by atoms with Gasteiger partial charge in [-0.15, -0.1) is 0 Å². The molecule has 2 nitrogen and oxygen atoms in total. The number of hydrogen-bond acceptors (Lipinski definition) is 2. The third-order valence-electron chi connectivity index (χ3n) is 4.94. The molecule has 1 aromatic carbocycles. The Hall–Kier alpha value is -1.02. The predicted octanol–water partition coefficient (Wildman–Crippen LogP) is 4.95. The first-order chi connectivity index (χ1) is 10.7. The van der Waals surface area contributed by atoms with E-state index in [4.69, 9.17) is 4.74 Å². The van der Waals surface area contributed by atoms with Crippen LogP contribution in [-0.4, -0.2) is 20.2 Å². The number of piperidine rings is 1. The van der Waals surface area contributed by atoms with Crippen LogP contribution in [0.4, 0.5) is 0 Å². The summed E-state index contributed by atoms with van der Waals surface area (Å²) < 4.78 is 5.64. The van der Waals surface area contributed by atoms with Crippen molar-refractivity contribution in [2.45, 2.75) is 65.7 Å². The summed E-state index contributed by atoms with van der Waals surface area (Å²) in [6.45, 7) is 14.0. The Kier molecular flexibility index (Phi) is 5.78. The Balaban J connectivity index is 2.23. The average Bonchev–Trinajstić information content (AvgIpc) is 2.46. The van der Waals surface area contributed by atoms with E-state index in [9.17, 15) is 0 Å². The highest BCUT2D eigenvalue weighted by Gasteiger charge is 2.28. The Morgan fingerprint density at radius 2 is 1.91 bits per heavy atom. The lowest BCUT2D eigenvalue weighted by Crippen LogP contribution is -2.31. The third kappa shape index (κ3) is 5.24. The fourth-order valence-electron chi connectivity index (χ4n) is 4.20. The summed E-state index contributed by atoms with van der Waals surface area (Å²) in [6, 6.07) is 6.83. The summed E-state index contributed by atoms with van der Waals surface area (Å²) in [4.78, 5) is 0. The first-order valence-electron chi connectivity index (χ1n) is 9.09. The molecule has 1 aromatic rings. The van der Waals surface area contributed by atoms with E-state index in [2.05, 4.69) is 58.1 Å². The van der Waals surface area contributed by atoms with Gasteiger partial charge in [0.05, 0.1) is 7.11 Å². The molecule has 2 rings (SSSR count). The number of benzene rings is 1. The number of ether oxygens (including phenoxy) is 1. The van der Waals surface area contributed by atoms with Gasteiger partial charge in [0.25, 0.3) is 0 Å². The SMILES string of the molecule is COc1ccc(C(C)(C)CC(C)(C)C)cc1CC1CCCNC1. The first-order valence-corrected chi connectivity index (χ1v) is 9.09. The fourth-order valence-corrected chi connectivity index (χ4v) is 4.20. The molecule has 1 atom stereocenters. The van der Waals surface area contributed by atoms with Crippen LogP contribution in [0.3, 0.4) is 0 Å². The maximum absolute atomic E-state index is 5.64. The zero-order valence-corrected chi connectivity index (χ0v) is 16.0. The second-order valence-corrected chi connectivity index (χ2v) is 9.06. The minimum atomic E-state index is 0.185. The molecule has 23 heavy (non-hydrogen) atoms. The van der Waals surface area contributed by atoms with E-state index < -0.39 is 0 Å². The standard InChI is InChI=1S/C21H35NO/c1-20(2,3)15-21(4,5)18-9-10-19(23-6)17(13-18)12-16-8-7-11-22-14-16/h9-10,13,16,22H,7-8,11-12,14-15H2,1-6H3. The molecule has 130 valence electrons. The van der Waals surface area contributed by atoms with Crippen molar-refractivity contribution in [3.8, 4) is 5.75 Å². The van der Waals surface area contributed by atoms with Crippen molar-refractivity contribution in [1.82, 2.24) is 5.32 Å². The number of methoxy groups -OCH3 is 1. The van der Waals surface area contributed by atoms with Gasteiger partial charge in [0.1, 0.15) is 5.75 Å². The summed E-state index contributed by atoms with van der Waals surface area (Å²) in [5, 5.41) is 3.53. The van der Waals surface area contributed by atoms with E-state index in [1.54, 1.807) is 7.11 Å². The van der Waals surface area contributed by atoms with Gasteiger partial charge in [-0.2, -0.15) is 0 Å². The second-order valence-electron chi connectivity index (χ2n) is 9.06. The van der Waals surface area contributed by atoms with Crippen LogP contribution in [0.1, 0.15) is 65.0 Å². The molecule has 1 aliphatic rings. The van der Waals surface area contributed by atoms with Crippen LogP contribution in [0, 0.1) is 11.3 Å². The normalized spacial score (nSPS) is 19.7. The van der Waals surface area contributed by atoms with Crippen LogP contribution >= 0.6 is 0 Å². The molecule has 1 heterocycles. The summed E-state index contributed by atoms with van der Waals surface area (Å²) >= 11 is 0. The molecule has 0 bridgehead atoms. The van der Waals surface area contributed by atoms with Gasteiger partial charge in [-0.1, -0.05) is 46.8 Å². The van der Waals surface area contributed by atoms with Crippen molar-refractivity contribution in [1.29, 1.82) is 0 Å². The van der Waals surface area contributed by atoms with Crippen LogP contribution in [0.15, 0.2) is 18.2 Å². The fraction of sp³-hybridized carbons (Fsp3) is 0.714. The lowest BCUT2D eigenvalue weighted by Gasteiger charge is -2.33. The van der Waals surface area contributed by atoms with Gasteiger partial charge in [-0.3, -0.25) is 0 Å². The molecule has 1 aliphatic heterocycles. The summed E-state index contributed by atoms with van der Waals surface area (Å²) in [7, 11) is 1.79. The van der Waals surface area contributed by atoms with Crippen molar-refractivity contribution in [3.63, 3.8) is 0 Å². The van der Waals surface area contributed by atoms with Crippen LogP contribution in [-0.2, 0) is 11.8 Å². The molecular weight excluding hydrogens is 282 g/mol. The van der Waals surface area contributed by atoms with Crippen molar-refractivity contribution in [3.05, 3.63) is 29.3 Å². The van der Waals surface area contributed by atoms with E-state index in [0.29, 0.717) is 5.41 Å². The van der Waals surface area contributed by atoms with Crippen molar-refractivity contribution < 1.29 is 4.74 Å². The van der Waals surface area contributed by atoms with Gasteiger partial charge in [-0.05, 0) is 72.7 Å². The predicted molar refractivity (Wildman–Crippen MR) is 99.4 cm³/mol. The van der Waals surface area contributed by atoms with Crippen LogP contribution < -0.4 is 10.1 Å². The van der Waals surface area contributed by atoms with E-state index >= 15 is 0 Å². The third-order valence-corrected chi connectivity index (χ3v) is 4.94. The van der Waals surface area contributed by atoms with E-state index in [0.717, 1.165) is 24.6 Å². The van der Waals surface area contributed by atoms with Crippen molar-refractivity contribution in [2.75, 3.05) is 20.2 Å². The van der Waals surface area contributed by atoms with E-state index in [-0.39, 0.29) is 5.41 Å². The van der Waals surface area contributed by atoms with Gasteiger partial charge >= 0.3 is 0 Å². The topological polar surface area (TPSA) is 21.3 Å². The quantitative estimate of drug-likeness (QED) is 0.829. The van der Waals surface area contributed by atoms with Gasteiger partial charge in [0.2, 0.25) is 0 Å². The Morgan fingerprint density at radius 3 is 2.48 bits per heavy atom. The lowest BCUT2D eigenvalue weighted by molar-refractivity contribution is 0.283. The molecule has 1 saturated heterocycles. The molecule has 0 amide bonds. The van der Waals surface area contributed by atoms with Crippen molar-refractivity contribution >= 4 is 0 Å². The Bertz CT molecular complexity index is 507. The molecular formula is C21H35NO. The van der Waals surface area contributed by atoms with Gasteiger partial charge in [-0.25, -0.2) is 0 Å². The summed E-state index contributed by atoms with van der Waals surface area (Å²) in [6.07, 6.45) is 4.92. The van der Waals surface area contributed by atoms with Crippen LogP contribution in [0.25, 0.3) is 0 Å². The van der Waals surface area contributed by atoms with Crippen LogP contribution in [0.2, 0.25) is 0 Å². The minimum absolute atomic E-state index is 0.185. The zero-order valence-electron chi connectivity index (χ0n) is 16.0. The molecule has 0 aliphatic carbocycles. The highest BCUT2D eigenvalue weighted by Crippen LogP contribution is 2.38.